The van der Waals surface area contributed by atoms with Crippen LogP contribution in [-0.2, 0) is 0 Å². The highest BCUT2D eigenvalue weighted by Crippen LogP contribution is 2.27. The van der Waals surface area contributed by atoms with Gasteiger partial charge in [0, 0.05) is 24.7 Å². The van der Waals surface area contributed by atoms with Gasteiger partial charge in [0.2, 0.25) is 0 Å². The third-order valence-corrected chi connectivity index (χ3v) is 4.65. The summed E-state index contributed by atoms with van der Waals surface area (Å²) >= 11 is 0. The minimum atomic E-state index is 0.772. The molecule has 0 aromatic carbocycles. The first-order valence-corrected chi connectivity index (χ1v) is 7.34. The molecule has 0 spiro atoms. The summed E-state index contributed by atoms with van der Waals surface area (Å²) in [5, 5.41) is 3.60. The van der Waals surface area contributed by atoms with E-state index in [1.807, 2.05) is 0 Å². The highest BCUT2D eigenvalue weighted by Gasteiger charge is 2.31. The summed E-state index contributed by atoms with van der Waals surface area (Å²) in [6.45, 7) is 5.88. The first-order chi connectivity index (χ1) is 8.20. The van der Waals surface area contributed by atoms with Crippen LogP contribution in [0, 0.1) is 0 Å². The van der Waals surface area contributed by atoms with Gasteiger partial charge in [-0.15, -0.1) is 0 Å². The minimum Gasteiger partial charge on any atom is -0.314 e. The third kappa shape index (κ3) is 3.43. The highest BCUT2D eigenvalue weighted by molar-refractivity contribution is 4.89. The second-order valence-corrected chi connectivity index (χ2v) is 5.95. The fourth-order valence-corrected chi connectivity index (χ4v) is 3.57. The Kier molecular flexibility index (Phi) is 4.83. The van der Waals surface area contributed by atoms with Crippen molar-refractivity contribution in [3.8, 4) is 0 Å². The van der Waals surface area contributed by atoms with Gasteiger partial charge in [0.15, 0.2) is 0 Å². The summed E-state index contributed by atoms with van der Waals surface area (Å²) in [5.74, 6) is 0. The van der Waals surface area contributed by atoms with E-state index in [0.717, 1.165) is 24.7 Å². The lowest BCUT2D eigenvalue weighted by atomic mass is 10.0. The van der Waals surface area contributed by atoms with Crippen molar-refractivity contribution >= 4 is 0 Å². The Morgan fingerprint density at radius 1 is 1.24 bits per heavy atom. The Morgan fingerprint density at radius 3 is 2.76 bits per heavy atom. The molecule has 2 aliphatic rings. The summed E-state index contributed by atoms with van der Waals surface area (Å²) < 4.78 is 0. The summed E-state index contributed by atoms with van der Waals surface area (Å²) in [5.41, 5.74) is 0. The Balaban J connectivity index is 1.81. The number of rotatable bonds is 4. The van der Waals surface area contributed by atoms with Gasteiger partial charge in [-0.05, 0) is 59.3 Å². The largest absolute Gasteiger partial charge is 0.314 e. The summed E-state index contributed by atoms with van der Waals surface area (Å²) in [6, 6.07) is 2.38. The third-order valence-electron chi connectivity index (χ3n) is 4.65. The second-order valence-electron chi connectivity index (χ2n) is 5.95. The molecule has 1 saturated heterocycles. The number of nitrogens with one attached hydrogen (secondary N) is 1. The molecule has 1 heterocycles. The maximum absolute atomic E-state index is 3.60. The first-order valence-electron chi connectivity index (χ1n) is 7.34. The molecule has 0 radical (unpaired) electrons. The van der Waals surface area contributed by atoms with E-state index in [0.29, 0.717) is 0 Å². The van der Waals surface area contributed by atoms with Gasteiger partial charge in [0.05, 0.1) is 0 Å². The fraction of sp³-hybridized carbons (Fsp3) is 1.00. The fourth-order valence-electron chi connectivity index (χ4n) is 3.57. The van der Waals surface area contributed by atoms with E-state index in [2.05, 4.69) is 36.1 Å². The molecule has 3 nitrogen and oxygen atoms in total. The molecule has 17 heavy (non-hydrogen) atoms. The predicted octanol–water partition coefficient (Wildman–Crippen LogP) is 1.54. The normalized spacial score (nSPS) is 35.6. The quantitative estimate of drug-likeness (QED) is 0.803. The van der Waals surface area contributed by atoms with Crippen LogP contribution in [0.15, 0.2) is 0 Å². The molecule has 0 bridgehead atoms. The van der Waals surface area contributed by atoms with E-state index in [4.69, 9.17) is 0 Å². The van der Waals surface area contributed by atoms with Crippen LogP contribution in [0.4, 0.5) is 0 Å². The van der Waals surface area contributed by atoms with Gasteiger partial charge in [-0.3, -0.25) is 4.90 Å². The summed E-state index contributed by atoms with van der Waals surface area (Å²) in [7, 11) is 4.61. The second kappa shape index (κ2) is 6.17. The Bertz CT molecular complexity index is 232. The van der Waals surface area contributed by atoms with E-state index in [-0.39, 0.29) is 0 Å². The van der Waals surface area contributed by atoms with Crippen molar-refractivity contribution < 1.29 is 0 Å². The molecule has 2 fully saturated rings. The lowest BCUT2D eigenvalue weighted by molar-refractivity contribution is 0.0995. The van der Waals surface area contributed by atoms with Gasteiger partial charge >= 0.3 is 0 Å². The number of hydrogen-bond donors (Lipinski definition) is 1. The van der Waals surface area contributed by atoms with Crippen LogP contribution in [0.3, 0.4) is 0 Å². The average Bonchev–Trinajstić information content (AvgIpc) is 2.77. The molecule has 2 rings (SSSR count). The molecule has 3 unspecified atom stereocenters. The van der Waals surface area contributed by atoms with Gasteiger partial charge in [-0.2, -0.15) is 0 Å². The molecule has 100 valence electrons. The van der Waals surface area contributed by atoms with Gasteiger partial charge in [0.1, 0.15) is 0 Å². The van der Waals surface area contributed by atoms with Crippen LogP contribution in [0.2, 0.25) is 0 Å². The average molecular weight is 239 g/mol. The van der Waals surface area contributed by atoms with Gasteiger partial charge in [-0.1, -0.05) is 6.92 Å². The standard InChI is InChI=1S/C14H29N3/c1-4-15-12-7-8-13(10-12)17(3)14-6-5-9-16(2)11-14/h12-15H,4-11H2,1-3H3. The van der Waals surface area contributed by atoms with Crippen LogP contribution in [-0.4, -0.2) is 61.7 Å². The Morgan fingerprint density at radius 2 is 2.06 bits per heavy atom. The number of hydrogen-bond acceptors (Lipinski definition) is 3. The van der Waals surface area contributed by atoms with Crippen LogP contribution < -0.4 is 5.32 Å². The van der Waals surface area contributed by atoms with Crippen LogP contribution in [0.25, 0.3) is 0 Å². The zero-order valence-corrected chi connectivity index (χ0v) is 11.8. The van der Waals surface area contributed by atoms with Gasteiger partial charge in [0.25, 0.3) is 0 Å². The van der Waals surface area contributed by atoms with Crippen molar-refractivity contribution in [1.29, 1.82) is 0 Å². The lowest BCUT2D eigenvalue weighted by Crippen LogP contribution is -2.48. The molecule has 3 heteroatoms. The molecule has 0 aromatic heterocycles. The molecule has 1 aliphatic heterocycles. The number of likely N-dealkylation sites (N-methyl/N-ethyl adjacent to an activating group) is 2. The van der Waals surface area contributed by atoms with Crippen molar-refractivity contribution in [2.24, 2.45) is 0 Å². The van der Waals surface area contributed by atoms with Crippen molar-refractivity contribution in [2.45, 2.75) is 57.2 Å². The van der Waals surface area contributed by atoms with E-state index < -0.39 is 0 Å². The molecule has 1 aliphatic carbocycles. The summed E-state index contributed by atoms with van der Waals surface area (Å²) in [4.78, 5) is 5.16. The number of piperidine rings is 1. The lowest BCUT2D eigenvalue weighted by Gasteiger charge is -2.39. The van der Waals surface area contributed by atoms with E-state index in [1.54, 1.807) is 0 Å². The predicted molar refractivity (Wildman–Crippen MR) is 73.4 cm³/mol. The minimum absolute atomic E-state index is 0.772. The van der Waals surface area contributed by atoms with E-state index in [9.17, 15) is 0 Å². The Labute approximate surface area is 107 Å². The first kappa shape index (κ1) is 13.3. The molecule has 3 atom stereocenters. The molecule has 1 saturated carbocycles. The zero-order chi connectivity index (χ0) is 12.3. The highest BCUT2D eigenvalue weighted by atomic mass is 15.2. The smallest absolute Gasteiger partial charge is 0.0223 e. The monoisotopic (exact) mass is 239 g/mol. The maximum Gasteiger partial charge on any atom is 0.0223 e. The van der Waals surface area contributed by atoms with E-state index >= 15 is 0 Å². The van der Waals surface area contributed by atoms with Crippen LogP contribution in [0.1, 0.15) is 39.0 Å². The SMILES string of the molecule is CCNC1CCC(N(C)C2CCCN(C)C2)C1. The maximum atomic E-state index is 3.60. The van der Waals surface area contributed by atoms with Crippen molar-refractivity contribution in [3.05, 3.63) is 0 Å². The summed E-state index contributed by atoms with van der Waals surface area (Å²) in [6.07, 6.45) is 6.86. The molecular weight excluding hydrogens is 210 g/mol. The van der Waals surface area contributed by atoms with E-state index in [1.165, 1.54) is 45.2 Å². The van der Waals surface area contributed by atoms with Crippen molar-refractivity contribution in [1.82, 2.24) is 15.1 Å². The molecule has 1 N–H and O–H groups in total. The Hall–Kier alpha value is -0.120. The van der Waals surface area contributed by atoms with Crippen molar-refractivity contribution in [3.63, 3.8) is 0 Å². The van der Waals surface area contributed by atoms with Gasteiger partial charge in [-0.25, -0.2) is 0 Å². The zero-order valence-electron chi connectivity index (χ0n) is 11.8. The molecule has 0 aromatic rings. The van der Waals surface area contributed by atoms with Crippen LogP contribution >= 0.6 is 0 Å². The van der Waals surface area contributed by atoms with Crippen LogP contribution in [0.5, 0.6) is 0 Å². The van der Waals surface area contributed by atoms with Gasteiger partial charge < -0.3 is 10.2 Å². The molecular formula is C14H29N3. The topological polar surface area (TPSA) is 18.5 Å². The number of likely N-dealkylation sites (tertiary alicyclic amines) is 1. The number of nitrogens with zero attached hydrogens (tertiary/aromatic N) is 2. The molecule has 0 amide bonds. The van der Waals surface area contributed by atoms with Crippen molar-refractivity contribution in [2.75, 3.05) is 33.7 Å².